The zero-order valence-corrected chi connectivity index (χ0v) is 16.3. The quantitative estimate of drug-likeness (QED) is 0.846. The first-order valence-electron chi connectivity index (χ1n) is 9.86. The van der Waals surface area contributed by atoms with Crippen molar-refractivity contribution in [3.8, 4) is 5.75 Å². The van der Waals surface area contributed by atoms with Crippen LogP contribution >= 0.6 is 0 Å². The first-order valence-corrected chi connectivity index (χ1v) is 9.86. The van der Waals surface area contributed by atoms with Gasteiger partial charge in [-0.25, -0.2) is 13.5 Å². The van der Waals surface area contributed by atoms with Crippen molar-refractivity contribution < 1.29 is 13.5 Å². The highest BCUT2D eigenvalue weighted by Gasteiger charge is 2.38. The lowest BCUT2D eigenvalue weighted by atomic mass is 9.86. The van der Waals surface area contributed by atoms with Crippen LogP contribution < -0.4 is 10.1 Å². The van der Waals surface area contributed by atoms with Crippen LogP contribution in [0.5, 0.6) is 5.75 Å². The summed E-state index contributed by atoms with van der Waals surface area (Å²) in [4.78, 5) is 6.54. The molecule has 4 rings (SSSR count). The van der Waals surface area contributed by atoms with E-state index < -0.39 is 12.5 Å². The Bertz CT molecular complexity index is 812. The molecule has 0 saturated carbocycles. The number of aryl methyl sites for hydroxylation is 1. The van der Waals surface area contributed by atoms with Crippen LogP contribution in [0.15, 0.2) is 24.5 Å². The van der Waals surface area contributed by atoms with Gasteiger partial charge in [0.1, 0.15) is 18.1 Å². The Balaban J connectivity index is 1.47. The molecule has 2 aliphatic rings. The number of hydrogen-bond donors (Lipinski definition) is 1. The summed E-state index contributed by atoms with van der Waals surface area (Å²) >= 11 is 0. The van der Waals surface area contributed by atoms with Gasteiger partial charge in [-0.15, -0.1) is 0 Å². The summed E-state index contributed by atoms with van der Waals surface area (Å²) in [6.45, 7) is 4.74. The minimum absolute atomic E-state index is 0.0158. The Morgan fingerprint density at radius 2 is 2.21 bits per heavy atom. The highest BCUT2D eigenvalue weighted by atomic mass is 19.3. The van der Waals surface area contributed by atoms with Crippen LogP contribution in [-0.2, 0) is 6.54 Å². The molecule has 1 aromatic heterocycles. The largest absolute Gasteiger partial charge is 0.496 e. The van der Waals surface area contributed by atoms with Crippen LogP contribution in [0.25, 0.3) is 0 Å². The third kappa shape index (κ3) is 3.70. The number of piperidine rings is 1. The second-order valence-corrected chi connectivity index (χ2v) is 7.82. The van der Waals surface area contributed by atoms with Gasteiger partial charge in [0.2, 0.25) is 5.95 Å². The molecule has 0 radical (unpaired) electrons. The fraction of sp³-hybridized carbons (Fsp3) is 0.600. The van der Waals surface area contributed by atoms with E-state index in [-0.39, 0.29) is 6.04 Å². The number of aromatic nitrogens is 3. The Morgan fingerprint density at radius 1 is 1.36 bits per heavy atom. The second-order valence-electron chi connectivity index (χ2n) is 7.82. The van der Waals surface area contributed by atoms with E-state index >= 15 is 0 Å². The topological polar surface area (TPSA) is 55.2 Å². The van der Waals surface area contributed by atoms with Crippen molar-refractivity contribution in [2.75, 3.05) is 25.5 Å². The maximum Gasteiger partial charge on any atom is 0.260 e. The molecule has 1 N–H and O–H groups in total. The molecular weight excluding hydrogens is 364 g/mol. The predicted octanol–water partition coefficient (Wildman–Crippen LogP) is 3.50. The SMILES string of the molecule is COc1c(C)cccc1CN1CCC[C@@H]([C@@H]2C[C@H](C(F)F)n3ncnc3N2)C1. The molecule has 8 heteroatoms. The predicted molar refractivity (Wildman–Crippen MR) is 103 cm³/mol. The van der Waals surface area contributed by atoms with Gasteiger partial charge in [-0.05, 0) is 44.2 Å². The number of alkyl halides is 2. The normalized spacial score (nSPS) is 25.4. The van der Waals surface area contributed by atoms with Gasteiger partial charge in [0, 0.05) is 24.7 Å². The van der Waals surface area contributed by atoms with Crippen molar-refractivity contribution in [3.05, 3.63) is 35.7 Å². The molecule has 0 spiro atoms. The van der Waals surface area contributed by atoms with E-state index in [1.165, 1.54) is 16.6 Å². The van der Waals surface area contributed by atoms with Gasteiger partial charge < -0.3 is 10.1 Å². The fourth-order valence-electron chi connectivity index (χ4n) is 4.63. The number of fused-ring (bicyclic) bond motifs is 1. The van der Waals surface area contributed by atoms with Crippen LogP contribution in [0, 0.1) is 12.8 Å². The van der Waals surface area contributed by atoms with E-state index in [1.807, 2.05) is 13.0 Å². The maximum atomic E-state index is 13.6. The number of para-hydroxylation sites is 1. The van der Waals surface area contributed by atoms with Crippen LogP contribution in [0.4, 0.5) is 14.7 Å². The average Bonchev–Trinajstić information content (AvgIpc) is 3.16. The Labute approximate surface area is 163 Å². The molecule has 3 atom stereocenters. The summed E-state index contributed by atoms with van der Waals surface area (Å²) in [5.74, 6) is 1.70. The van der Waals surface area contributed by atoms with Crippen molar-refractivity contribution in [2.45, 2.75) is 51.2 Å². The number of hydrogen-bond acceptors (Lipinski definition) is 5. The number of anilines is 1. The van der Waals surface area contributed by atoms with Crippen LogP contribution in [0.3, 0.4) is 0 Å². The monoisotopic (exact) mass is 391 g/mol. The summed E-state index contributed by atoms with van der Waals surface area (Å²) in [5, 5.41) is 7.33. The zero-order chi connectivity index (χ0) is 19.7. The summed E-state index contributed by atoms with van der Waals surface area (Å²) in [6.07, 6.45) is 1.37. The summed E-state index contributed by atoms with van der Waals surface area (Å²) < 4.78 is 34.0. The van der Waals surface area contributed by atoms with Crippen LogP contribution in [0.1, 0.15) is 36.4 Å². The number of nitrogens with one attached hydrogen (secondary N) is 1. The Morgan fingerprint density at radius 3 is 3.00 bits per heavy atom. The molecule has 1 aromatic carbocycles. The standard InChI is InChI=1S/C20H27F2N5O/c1-13-5-3-6-15(18(13)28-2)11-26-8-4-7-14(10-26)16-9-17(19(21)22)27-20(25-16)23-12-24-27/h3,5-6,12,14,16-17,19H,4,7-11H2,1-2H3,(H,23,24,25)/t14-,16+,17-/m1/s1. The number of nitrogens with zero attached hydrogens (tertiary/aromatic N) is 4. The average molecular weight is 391 g/mol. The number of methoxy groups -OCH3 is 1. The number of halogens is 2. The van der Waals surface area contributed by atoms with E-state index in [2.05, 4.69) is 32.4 Å². The van der Waals surface area contributed by atoms with E-state index in [0.717, 1.165) is 43.8 Å². The van der Waals surface area contributed by atoms with Gasteiger partial charge in [-0.2, -0.15) is 10.1 Å². The summed E-state index contributed by atoms with van der Waals surface area (Å²) in [7, 11) is 1.71. The molecule has 0 unspecified atom stereocenters. The summed E-state index contributed by atoms with van der Waals surface area (Å²) in [5.41, 5.74) is 2.30. The molecule has 152 valence electrons. The lowest BCUT2D eigenvalue weighted by Crippen LogP contribution is -2.46. The van der Waals surface area contributed by atoms with Crippen molar-refractivity contribution in [1.82, 2.24) is 19.7 Å². The second kappa shape index (κ2) is 8.03. The van der Waals surface area contributed by atoms with Crippen molar-refractivity contribution >= 4 is 5.95 Å². The minimum Gasteiger partial charge on any atom is -0.496 e. The molecule has 2 aromatic rings. The highest BCUT2D eigenvalue weighted by Crippen LogP contribution is 2.35. The van der Waals surface area contributed by atoms with E-state index in [9.17, 15) is 8.78 Å². The van der Waals surface area contributed by atoms with Gasteiger partial charge in [-0.1, -0.05) is 18.2 Å². The lowest BCUT2D eigenvalue weighted by Gasteiger charge is -2.40. The van der Waals surface area contributed by atoms with Gasteiger partial charge in [0.15, 0.2) is 0 Å². The zero-order valence-electron chi connectivity index (χ0n) is 16.3. The molecule has 2 aliphatic heterocycles. The molecule has 28 heavy (non-hydrogen) atoms. The molecule has 6 nitrogen and oxygen atoms in total. The van der Waals surface area contributed by atoms with E-state index in [0.29, 0.717) is 18.3 Å². The van der Waals surface area contributed by atoms with Crippen LogP contribution in [0.2, 0.25) is 0 Å². The first-order chi connectivity index (χ1) is 13.6. The lowest BCUT2D eigenvalue weighted by molar-refractivity contribution is 0.0550. The van der Waals surface area contributed by atoms with E-state index in [1.54, 1.807) is 7.11 Å². The van der Waals surface area contributed by atoms with Crippen molar-refractivity contribution in [1.29, 1.82) is 0 Å². The minimum atomic E-state index is -2.44. The first kappa shape index (κ1) is 19.1. The molecule has 3 heterocycles. The third-order valence-electron chi connectivity index (χ3n) is 5.99. The van der Waals surface area contributed by atoms with E-state index in [4.69, 9.17) is 4.74 Å². The van der Waals surface area contributed by atoms with Gasteiger partial charge in [-0.3, -0.25) is 4.90 Å². The fourth-order valence-corrected chi connectivity index (χ4v) is 4.63. The Hall–Kier alpha value is -2.22. The van der Waals surface area contributed by atoms with Gasteiger partial charge in [0.25, 0.3) is 6.43 Å². The maximum absolute atomic E-state index is 13.6. The molecule has 0 amide bonds. The molecular formula is C20H27F2N5O. The number of benzene rings is 1. The Kier molecular flexibility index (Phi) is 5.48. The number of ether oxygens (including phenoxy) is 1. The number of rotatable bonds is 5. The highest BCUT2D eigenvalue weighted by molar-refractivity contribution is 5.40. The molecule has 0 aliphatic carbocycles. The van der Waals surface area contributed by atoms with Crippen molar-refractivity contribution in [3.63, 3.8) is 0 Å². The van der Waals surface area contributed by atoms with Gasteiger partial charge in [0.05, 0.1) is 7.11 Å². The molecule has 0 bridgehead atoms. The molecule has 1 saturated heterocycles. The van der Waals surface area contributed by atoms with Crippen molar-refractivity contribution in [2.24, 2.45) is 5.92 Å². The summed E-state index contributed by atoms with van der Waals surface area (Å²) in [6, 6.07) is 5.28. The number of likely N-dealkylation sites (tertiary alicyclic amines) is 1. The molecule has 1 fully saturated rings. The third-order valence-corrected chi connectivity index (χ3v) is 5.99. The smallest absolute Gasteiger partial charge is 0.260 e. The van der Waals surface area contributed by atoms with Crippen LogP contribution in [-0.4, -0.2) is 52.3 Å². The van der Waals surface area contributed by atoms with Gasteiger partial charge >= 0.3 is 0 Å².